The Bertz CT molecular complexity index is 634. The molecule has 0 saturated carbocycles. The maximum Gasteiger partial charge on any atom is 0.235 e. The van der Waals surface area contributed by atoms with Crippen molar-refractivity contribution in [3.8, 4) is 5.75 Å². The number of hydrogen-bond donors (Lipinski definition) is 2. The zero-order chi connectivity index (χ0) is 14.7. The van der Waals surface area contributed by atoms with E-state index in [4.69, 9.17) is 5.73 Å². The summed E-state index contributed by atoms with van der Waals surface area (Å²) in [5.74, 6) is -0.987. The predicted molar refractivity (Wildman–Crippen MR) is 80.0 cm³/mol. The van der Waals surface area contributed by atoms with E-state index in [0.29, 0.717) is 9.37 Å². The van der Waals surface area contributed by atoms with Crippen molar-refractivity contribution in [2.24, 2.45) is 5.73 Å². The van der Waals surface area contributed by atoms with Crippen LogP contribution < -0.4 is 5.73 Å². The van der Waals surface area contributed by atoms with Crippen LogP contribution in [0.5, 0.6) is 5.75 Å². The molecule has 0 aliphatic heterocycles. The van der Waals surface area contributed by atoms with E-state index in [9.17, 15) is 14.3 Å². The first-order valence-corrected chi connectivity index (χ1v) is 7.34. The number of aromatic hydroxyl groups is 1. The van der Waals surface area contributed by atoms with Gasteiger partial charge in [-0.25, -0.2) is 4.39 Å². The molecule has 20 heavy (non-hydrogen) atoms. The van der Waals surface area contributed by atoms with E-state index >= 15 is 0 Å². The number of primary amides is 1. The van der Waals surface area contributed by atoms with E-state index in [2.05, 4.69) is 15.9 Å². The van der Waals surface area contributed by atoms with Crippen molar-refractivity contribution >= 4 is 33.6 Å². The first kappa shape index (κ1) is 14.9. The zero-order valence-electron chi connectivity index (χ0n) is 10.2. The average molecular weight is 356 g/mol. The fourth-order valence-electron chi connectivity index (χ4n) is 1.65. The molecule has 0 bridgehead atoms. The number of amides is 1. The fraction of sp³-hybridized carbons (Fsp3) is 0.0714. The van der Waals surface area contributed by atoms with E-state index in [1.165, 1.54) is 24.3 Å². The number of phenolic OH excluding ortho intramolecular Hbond substituents is 1. The van der Waals surface area contributed by atoms with Crippen LogP contribution in [0.2, 0.25) is 0 Å². The van der Waals surface area contributed by atoms with Crippen molar-refractivity contribution in [2.45, 2.75) is 10.1 Å². The summed E-state index contributed by atoms with van der Waals surface area (Å²) >= 11 is 4.30. The Morgan fingerprint density at radius 2 is 1.90 bits per heavy atom. The van der Waals surface area contributed by atoms with Gasteiger partial charge in [-0.3, -0.25) is 4.79 Å². The normalized spacial score (nSPS) is 12.1. The largest absolute Gasteiger partial charge is 0.508 e. The highest BCUT2D eigenvalue weighted by atomic mass is 79.9. The topological polar surface area (TPSA) is 63.3 Å². The second-order valence-electron chi connectivity index (χ2n) is 4.06. The van der Waals surface area contributed by atoms with Crippen molar-refractivity contribution in [2.75, 3.05) is 0 Å². The van der Waals surface area contributed by atoms with Gasteiger partial charge >= 0.3 is 0 Å². The Balaban J connectivity index is 2.31. The number of carbonyl (C=O) groups excluding carboxylic acids is 1. The van der Waals surface area contributed by atoms with Gasteiger partial charge in [-0.1, -0.05) is 22.0 Å². The molecule has 0 aliphatic carbocycles. The molecule has 3 N–H and O–H groups in total. The minimum atomic E-state index is -0.826. The predicted octanol–water partition coefficient (Wildman–Crippen LogP) is 3.61. The van der Waals surface area contributed by atoms with Crippen LogP contribution in [0.1, 0.15) is 10.8 Å². The molecule has 0 spiro atoms. The molecule has 0 radical (unpaired) electrons. The van der Waals surface area contributed by atoms with Crippen LogP contribution in [0, 0.1) is 5.82 Å². The molecule has 1 atom stereocenters. The lowest BCUT2D eigenvalue weighted by Crippen LogP contribution is -2.19. The number of rotatable bonds is 4. The molecule has 0 aliphatic rings. The van der Waals surface area contributed by atoms with Crippen molar-refractivity contribution in [3.05, 3.63) is 58.3 Å². The van der Waals surface area contributed by atoms with Crippen LogP contribution in [0.25, 0.3) is 0 Å². The minimum absolute atomic E-state index is 0.125. The van der Waals surface area contributed by atoms with E-state index < -0.39 is 17.0 Å². The highest BCUT2D eigenvalue weighted by Gasteiger charge is 2.22. The highest BCUT2D eigenvalue weighted by molar-refractivity contribution is 9.10. The Labute approximate surface area is 128 Å². The quantitative estimate of drug-likeness (QED) is 0.823. The Morgan fingerprint density at radius 3 is 2.45 bits per heavy atom. The molecule has 0 heterocycles. The fourth-order valence-corrected chi connectivity index (χ4v) is 2.98. The number of halogens is 2. The van der Waals surface area contributed by atoms with Crippen LogP contribution in [0.4, 0.5) is 4.39 Å². The molecular weight excluding hydrogens is 345 g/mol. The summed E-state index contributed by atoms with van der Waals surface area (Å²) in [6, 6.07) is 10.8. The van der Waals surface area contributed by atoms with Gasteiger partial charge in [0, 0.05) is 14.9 Å². The van der Waals surface area contributed by atoms with Crippen LogP contribution >= 0.6 is 27.7 Å². The monoisotopic (exact) mass is 355 g/mol. The Hall–Kier alpha value is -1.53. The van der Waals surface area contributed by atoms with Crippen molar-refractivity contribution in [1.29, 1.82) is 0 Å². The van der Waals surface area contributed by atoms with Gasteiger partial charge in [0.05, 0.1) is 0 Å². The third kappa shape index (κ3) is 3.52. The maximum absolute atomic E-state index is 13.9. The van der Waals surface area contributed by atoms with E-state index in [-0.39, 0.29) is 11.3 Å². The van der Waals surface area contributed by atoms with E-state index in [0.717, 1.165) is 11.8 Å². The van der Waals surface area contributed by atoms with Gasteiger partial charge < -0.3 is 10.8 Å². The molecule has 0 saturated heterocycles. The summed E-state index contributed by atoms with van der Waals surface area (Å²) in [5.41, 5.74) is 5.60. The number of carbonyl (C=O) groups is 1. The number of hydrogen-bond acceptors (Lipinski definition) is 3. The van der Waals surface area contributed by atoms with Crippen LogP contribution in [0.15, 0.2) is 51.8 Å². The summed E-state index contributed by atoms with van der Waals surface area (Å²) in [4.78, 5) is 12.3. The lowest BCUT2D eigenvalue weighted by molar-refractivity contribution is -0.117. The van der Waals surface area contributed by atoms with Crippen LogP contribution in [-0.4, -0.2) is 11.0 Å². The number of phenols is 1. The maximum atomic E-state index is 13.9. The molecule has 0 fully saturated rings. The van der Waals surface area contributed by atoms with Gasteiger partial charge in [0.15, 0.2) is 0 Å². The molecule has 0 unspecified atom stereocenters. The molecule has 6 heteroatoms. The summed E-state index contributed by atoms with van der Waals surface area (Å²) in [6.07, 6.45) is 0. The SMILES string of the molecule is NC(=O)[C@@H](Sc1ccc(O)cc1)c1ccc(Br)cc1F. The summed E-state index contributed by atoms with van der Waals surface area (Å²) < 4.78 is 14.5. The molecule has 104 valence electrons. The molecule has 0 aromatic heterocycles. The lowest BCUT2D eigenvalue weighted by Gasteiger charge is -2.14. The zero-order valence-corrected chi connectivity index (χ0v) is 12.6. The molecule has 2 aromatic carbocycles. The lowest BCUT2D eigenvalue weighted by atomic mass is 10.1. The minimum Gasteiger partial charge on any atom is -0.508 e. The van der Waals surface area contributed by atoms with Crippen LogP contribution in [0.3, 0.4) is 0 Å². The van der Waals surface area contributed by atoms with Crippen molar-refractivity contribution in [3.63, 3.8) is 0 Å². The number of thioether (sulfide) groups is 1. The molecule has 3 nitrogen and oxygen atoms in total. The average Bonchev–Trinajstić information content (AvgIpc) is 2.39. The van der Waals surface area contributed by atoms with Gasteiger partial charge in [0.25, 0.3) is 0 Å². The number of benzene rings is 2. The Kier molecular flexibility index (Phi) is 4.67. The van der Waals surface area contributed by atoms with E-state index in [1.54, 1.807) is 18.2 Å². The van der Waals surface area contributed by atoms with Crippen LogP contribution in [-0.2, 0) is 4.79 Å². The first-order chi connectivity index (χ1) is 9.47. The van der Waals surface area contributed by atoms with Crippen molar-refractivity contribution < 1.29 is 14.3 Å². The van der Waals surface area contributed by atoms with Gasteiger partial charge in [-0.15, -0.1) is 11.8 Å². The standard InChI is InChI=1S/C14H11BrFNO2S/c15-8-1-6-11(12(16)7-8)13(14(17)19)20-10-4-2-9(18)3-5-10/h1-7,13,18H,(H2,17,19)/t13-/m0/s1. The summed E-state index contributed by atoms with van der Waals surface area (Å²) in [5, 5.41) is 8.40. The van der Waals surface area contributed by atoms with Gasteiger partial charge in [-0.2, -0.15) is 0 Å². The van der Waals surface area contributed by atoms with Crippen molar-refractivity contribution in [1.82, 2.24) is 0 Å². The second kappa shape index (κ2) is 6.28. The molecule has 1 amide bonds. The molecule has 2 rings (SSSR count). The summed E-state index contributed by atoms with van der Waals surface area (Å²) in [7, 11) is 0. The summed E-state index contributed by atoms with van der Waals surface area (Å²) in [6.45, 7) is 0. The first-order valence-electron chi connectivity index (χ1n) is 5.67. The van der Waals surface area contributed by atoms with E-state index in [1.807, 2.05) is 0 Å². The number of nitrogens with two attached hydrogens (primary N) is 1. The Morgan fingerprint density at radius 1 is 1.25 bits per heavy atom. The van der Waals surface area contributed by atoms with Gasteiger partial charge in [0.2, 0.25) is 5.91 Å². The third-order valence-corrected chi connectivity index (χ3v) is 4.35. The smallest absolute Gasteiger partial charge is 0.235 e. The van der Waals surface area contributed by atoms with Gasteiger partial charge in [0.1, 0.15) is 16.8 Å². The third-order valence-electron chi connectivity index (χ3n) is 2.59. The molecular formula is C14H11BrFNO2S. The molecule has 2 aromatic rings. The highest BCUT2D eigenvalue weighted by Crippen LogP contribution is 2.37. The second-order valence-corrected chi connectivity index (χ2v) is 6.15. The van der Waals surface area contributed by atoms with Gasteiger partial charge in [-0.05, 0) is 36.4 Å².